The molecule has 6 nitrogen and oxygen atoms in total. The van der Waals surface area contributed by atoms with Crippen LogP contribution in [0, 0.1) is 0 Å². The molecule has 1 aromatic heterocycles. The van der Waals surface area contributed by atoms with E-state index >= 15 is 0 Å². The maximum atomic E-state index is 12.0. The zero-order chi connectivity index (χ0) is 21.3. The number of hydrogen-bond acceptors (Lipinski definition) is 4. The van der Waals surface area contributed by atoms with Crippen LogP contribution in [0.3, 0.4) is 0 Å². The molecule has 3 rings (SSSR count). The van der Waals surface area contributed by atoms with Crippen LogP contribution in [-0.4, -0.2) is 42.4 Å². The minimum atomic E-state index is -0.00167. The molecule has 0 aliphatic heterocycles. The minimum absolute atomic E-state index is 0. The number of hydrogen-bond donors (Lipinski definition) is 2. The maximum absolute atomic E-state index is 12.0. The van der Waals surface area contributed by atoms with Gasteiger partial charge in [-0.05, 0) is 24.6 Å². The van der Waals surface area contributed by atoms with Crippen molar-refractivity contribution < 1.29 is 4.79 Å². The predicted molar refractivity (Wildman–Crippen MR) is 139 cm³/mol. The number of aliphatic imine (C=N–C) groups is 1. The standard InChI is InChI=1S/C23H27N5OS.HI/c1-4-24-23(25-14-17-10-12-19(13-11-17)22(29)28(2)3)26-15-20-16-30-21(27-20)18-8-6-5-7-9-18;/h5-13,16H,4,14-15H2,1-3H3,(H2,24,25,26);1H. The molecule has 164 valence electrons. The largest absolute Gasteiger partial charge is 0.357 e. The lowest BCUT2D eigenvalue weighted by Gasteiger charge is -2.11. The van der Waals surface area contributed by atoms with Crippen LogP contribution in [0.2, 0.25) is 0 Å². The second-order valence-electron chi connectivity index (χ2n) is 6.96. The third-order valence-corrected chi connectivity index (χ3v) is 5.32. The molecule has 0 bridgehead atoms. The number of guanidine groups is 1. The van der Waals surface area contributed by atoms with Crippen molar-refractivity contribution in [2.75, 3.05) is 20.6 Å². The molecule has 0 saturated carbocycles. The Morgan fingerprint density at radius 2 is 1.77 bits per heavy atom. The van der Waals surface area contributed by atoms with Crippen LogP contribution in [-0.2, 0) is 13.1 Å². The molecule has 1 amide bonds. The van der Waals surface area contributed by atoms with Gasteiger partial charge in [-0.1, -0.05) is 42.5 Å². The zero-order valence-corrected chi connectivity index (χ0v) is 21.1. The molecule has 0 unspecified atom stereocenters. The highest BCUT2D eigenvalue weighted by atomic mass is 127. The van der Waals surface area contributed by atoms with Crippen LogP contribution < -0.4 is 10.6 Å². The number of nitrogens with one attached hydrogen (secondary N) is 2. The van der Waals surface area contributed by atoms with E-state index in [9.17, 15) is 4.79 Å². The summed E-state index contributed by atoms with van der Waals surface area (Å²) in [5.74, 6) is 0.735. The SMILES string of the molecule is CCNC(=NCc1ccc(C(=O)N(C)C)cc1)NCc1csc(-c2ccccc2)n1.I. The Hall–Kier alpha value is -2.46. The van der Waals surface area contributed by atoms with Crippen molar-refractivity contribution in [3.05, 3.63) is 76.8 Å². The first-order valence-corrected chi connectivity index (χ1v) is 10.8. The van der Waals surface area contributed by atoms with Crippen LogP contribution in [0.1, 0.15) is 28.5 Å². The molecular formula is C23H28IN5OS. The summed E-state index contributed by atoms with van der Waals surface area (Å²) in [6.45, 7) is 3.94. The number of rotatable bonds is 7. The molecule has 31 heavy (non-hydrogen) atoms. The number of aromatic nitrogens is 1. The molecule has 0 radical (unpaired) electrons. The van der Waals surface area contributed by atoms with E-state index in [2.05, 4.69) is 33.1 Å². The van der Waals surface area contributed by atoms with Crippen molar-refractivity contribution in [2.45, 2.75) is 20.0 Å². The molecule has 8 heteroatoms. The van der Waals surface area contributed by atoms with Crippen LogP contribution in [0.25, 0.3) is 10.6 Å². The highest BCUT2D eigenvalue weighted by molar-refractivity contribution is 14.0. The van der Waals surface area contributed by atoms with Gasteiger partial charge in [-0.15, -0.1) is 35.3 Å². The molecule has 0 fully saturated rings. The first-order chi connectivity index (χ1) is 14.6. The number of amides is 1. The Balaban J connectivity index is 0.00000341. The summed E-state index contributed by atoms with van der Waals surface area (Å²) in [4.78, 5) is 22.9. The maximum Gasteiger partial charge on any atom is 0.253 e. The van der Waals surface area contributed by atoms with Crippen molar-refractivity contribution in [3.63, 3.8) is 0 Å². The zero-order valence-electron chi connectivity index (χ0n) is 18.0. The van der Waals surface area contributed by atoms with Gasteiger partial charge in [0.05, 0.1) is 18.8 Å². The molecular weight excluding hydrogens is 521 g/mol. The van der Waals surface area contributed by atoms with Crippen LogP contribution >= 0.6 is 35.3 Å². The van der Waals surface area contributed by atoms with Gasteiger partial charge in [0, 0.05) is 37.1 Å². The summed E-state index contributed by atoms with van der Waals surface area (Å²) in [7, 11) is 3.50. The van der Waals surface area contributed by atoms with Crippen LogP contribution in [0.5, 0.6) is 0 Å². The van der Waals surface area contributed by atoms with Crippen molar-refractivity contribution in [1.82, 2.24) is 20.5 Å². The van der Waals surface area contributed by atoms with E-state index in [1.165, 1.54) is 0 Å². The fraction of sp³-hybridized carbons (Fsp3) is 0.261. The minimum Gasteiger partial charge on any atom is -0.357 e. The highest BCUT2D eigenvalue weighted by Gasteiger charge is 2.08. The second kappa shape index (κ2) is 12.4. The average Bonchev–Trinajstić information content (AvgIpc) is 3.25. The number of halogens is 1. The van der Waals surface area contributed by atoms with E-state index in [-0.39, 0.29) is 29.9 Å². The Labute approximate surface area is 204 Å². The first kappa shape index (κ1) is 24.8. The lowest BCUT2D eigenvalue weighted by Crippen LogP contribution is -2.36. The fourth-order valence-electron chi connectivity index (χ4n) is 2.80. The Bertz CT molecular complexity index is 987. The normalized spacial score (nSPS) is 10.9. The molecule has 0 atom stereocenters. The molecule has 0 aliphatic carbocycles. The molecule has 1 heterocycles. The summed E-state index contributed by atoms with van der Waals surface area (Å²) >= 11 is 1.64. The van der Waals surface area contributed by atoms with Gasteiger partial charge in [0.1, 0.15) is 5.01 Å². The van der Waals surface area contributed by atoms with Gasteiger partial charge in [0.2, 0.25) is 0 Å². The Morgan fingerprint density at radius 3 is 2.42 bits per heavy atom. The third kappa shape index (κ3) is 7.32. The highest BCUT2D eigenvalue weighted by Crippen LogP contribution is 2.23. The average molecular weight is 549 g/mol. The summed E-state index contributed by atoms with van der Waals surface area (Å²) in [5, 5.41) is 9.68. The second-order valence-corrected chi connectivity index (χ2v) is 7.81. The number of carbonyl (C=O) groups is 1. The molecule has 2 N–H and O–H groups in total. The van der Waals surface area contributed by atoms with Gasteiger partial charge in [-0.25, -0.2) is 9.98 Å². The van der Waals surface area contributed by atoms with E-state index in [1.54, 1.807) is 30.3 Å². The van der Waals surface area contributed by atoms with Gasteiger partial charge in [-0.2, -0.15) is 0 Å². The first-order valence-electron chi connectivity index (χ1n) is 9.89. The molecule has 2 aromatic carbocycles. The van der Waals surface area contributed by atoms with E-state index in [1.807, 2.05) is 49.4 Å². The van der Waals surface area contributed by atoms with Gasteiger partial charge >= 0.3 is 0 Å². The number of nitrogens with zero attached hydrogens (tertiary/aromatic N) is 3. The Morgan fingerprint density at radius 1 is 1.06 bits per heavy atom. The molecule has 0 spiro atoms. The summed E-state index contributed by atoms with van der Waals surface area (Å²) in [6, 6.07) is 17.7. The molecule has 0 aliphatic rings. The van der Waals surface area contributed by atoms with E-state index < -0.39 is 0 Å². The summed E-state index contributed by atoms with van der Waals surface area (Å²) in [5.41, 5.74) is 3.83. The lowest BCUT2D eigenvalue weighted by molar-refractivity contribution is 0.0827. The van der Waals surface area contributed by atoms with Crippen molar-refractivity contribution in [3.8, 4) is 10.6 Å². The van der Waals surface area contributed by atoms with Crippen molar-refractivity contribution >= 4 is 47.2 Å². The topological polar surface area (TPSA) is 69.6 Å². The van der Waals surface area contributed by atoms with Crippen LogP contribution in [0.4, 0.5) is 0 Å². The molecule has 3 aromatic rings. The molecule has 0 saturated heterocycles. The van der Waals surface area contributed by atoms with Gasteiger partial charge in [0.25, 0.3) is 5.91 Å². The van der Waals surface area contributed by atoms with Gasteiger partial charge in [-0.3, -0.25) is 4.79 Å². The predicted octanol–water partition coefficient (Wildman–Crippen LogP) is 4.39. The fourth-order valence-corrected chi connectivity index (χ4v) is 3.62. The van der Waals surface area contributed by atoms with Crippen molar-refractivity contribution in [2.24, 2.45) is 4.99 Å². The Kier molecular flexibility index (Phi) is 9.93. The van der Waals surface area contributed by atoms with Gasteiger partial charge < -0.3 is 15.5 Å². The third-order valence-electron chi connectivity index (χ3n) is 4.38. The summed E-state index contributed by atoms with van der Waals surface area (Å²) < 4.78 is 0. The lowest BCUT2D eigenvalue weighted by atomic mass is 10.1. The summed E-state index contributed by atoms with van der Waals surface area (Å²) in [6.07, 6.45) is 0. The van der Waals surface area contributed by atoms with Gasteiger partial charge in [0.15, 0.2) is 5.96 Å². The van der Waals surface area contributed by atoms with E-state index in [4.69, 9.17) is 4.98 Å². The van der Waals surface area contributed by atoms with E-state index in [0.717, 1.165) is 34.3 Å². The van der Waals surface area contributed by atoms with Crippen LogP contribution in [0.15, 0.2) is 65.0 Å². The number of thiazole rings is 1. The number of benzene rings is 2. The smallest absolute Gasteiger partial charge is 0.253 e. The quantitative estimate of drug-likeness (QED) is 0.261. The van der Waals surface area contributed by atoms with E-state index in [0.29, 0.717) is 18.7 Å². The monoisotopic (exact) mass is 549 g/mol. The van der Waals surface area contributed by atoms with Crippen molar-refractivity contribution in [1.29, 1.82) is 0 Å². The number of carbonyl (C=O) groups excluding carboxylic acids is 1.